The molecule has 0 spiro atoms. The van der Waals surface area contributed by atoms with E-state index in [1.165, 1.54) is 12.1 Å². The first-order valence-electron chi connectivity index (χ1n) is 5.44. The van der Waals surface area contributed by atoms with Gasteiger partial charge in [-0.3, -0.25) is 0 Å². The lowest BCUT2D eigenvalue weighted by molar-refractivity contribution is -0.137. The van der Waals surface area contributed by atoms with Crippen molar-refractivity contribution in [2.24, 2.45) is 0 Å². The van der Waals surface area contributed by atoms with E-state index in [9.17, 15) is 18.0 Å². The van der Waals surface area contributed by atoms with E-state index in [1.54, 1.807) is 0 Å². The highest BCUT2D eigenvalue weighted by atomic mass is 19.4. The summed E-state index contributed by atoms with van der Waals surface area (Å²) in [5, 5.41) is 3.58. The molecule has 0 fully saturated rings. The molecule has 1 amide bonds. The Morgan fingerprint density at radius 1 is 1.28 bits per heavy atom. The van der Waals surface area contributed by atoms with Crippen LogP contribution in [-0.4, -0.2) is 12.7 Å². The summed E-state index contributed by atoms with van der Waals surface area (Å²) in [5.41, 5.74) is -0.198. The summed E-state index contributed by atoms with van der Waals surface area (Å²) in [6.45, 7) is 2.15. The van der Waals surface area contributed by atoms with Crippen molar-refractivity contribution in [1.82, 2.24) is 5.32 Å². The molecule has 99 valence electrons. The Labute approximate surface area is 103 Å². The second kappa shape index (κ2) is 6.28. The smallest absolute Gasteiger partial charge is 0.429 e. The molecule has 0 unspecified atom stereocenters. The first-order valence-corrected chi connectivity index (χ1v) is 5.44. The molecule has 0 saturated carbocycles. The van der Waals surface area contributed by atoms with E-state index in [2.05, 4.69) is 5.32 Å². The summed E-state index contributed by atoms with van der Waals surface area (Å²) in [6.07, 6.45) is -4.35. The molecule has 0 aromatic heterocycles. The maximum Gasteiger partial charge on any atom is 0.429 e. The number of alkyl halides is 3. The molecule has 0 N–H and O–H groups in total. The van der Waals surface area contributed by atoms with Crippen LogP contribution in [0.1, 0.15) is 24.5 Å². The molecule has 0 atom stereocenters. The molecule has 0 aliphatic heterocycles. The van der Waals surface area contributed by atoms with Gasteiger partial charge in [0.1, 0.15) is 0 Å². The van der Waals surface area contributed by atoms with E-state index < -0.39 is 17.8 Å². The second-order valence-electron chi connectivity index (χ2n) is 3.63. The predicted molar refractivity (Wildman–Crippen MR) is 58.9 cm³/mol. The van der Waals surface area contributed by atoms with Crippen molar-refractivity contribution in [2.45, 2.75) is 26.1 Å². The van der Waals surface area contributed by atoms with Crippen LogP contribution < -0.4 is 5.32 Å². The standard InChI is InChI=1S/C12H13F3NO2/c1-2-7-18-11(17)16-8-9-3-5-10(6-4-9)12(13,14)15/h3-6H,2,7-8H2,1H3. The number of carbonyl (C=O) groups is 1. The van der Waals surface area contributed by atoms with E-state index in [0.717, 1.165) is 12.1 Å². The fraction of sp³-hybridized carbons (Fsp3) is 0.417. The zero-order valence-corrected chi connectivity index (χ0v) is 9.83. The highest BCUT2D eigenvalue weighted by Crippen LogP contribution is 2.29. The number of amides is 1. The van der Waals surface area contributed by atoms with Crippen LogP contribution in [0.5, 0.6) is 0 Å². The largest absolute Gasteiger partial charge is 0.448 e. The van der Waals surface area contributed by atoms with Crippen LogP contribution in [0.4, 0.5) is 18.0 Å². The fourth-order valence-electron chi connectivity index (χ4n) is 1.19. The SMILES string of the molecule is CCCOC(=O)[N]Cc1ccc(C(F)(F)F)cc1. The van der Waals surface area contributed by atoms with Crippen LogP contribution in [0.25, 0.3) is 0 Å². The molecule has 0 bridgehead atoms. The first-order chi connectivity index (χ1) is 8.43. The van der Waals surface area contributed by atoms with E-state index in [1.807, 2.05) is 6.92 Å². The Morgan fingerprint density at radius 2 is 1.89 bits per heavy atom. The Kier molecular flexibility index (Phi) is 5.00. The van der Waals surface area contributed by atoms with Crippen molar-refractivity contribution in [3.8, 4) is 0 Å². The number of ether oxygens (including phenoxy) is 1. The van der Waals surface area contributed by atoms with Crippen molar-refractivity contribution >= 4 is 6.09 Å². The number of hydrogen-bond donors (Lipinski definition) is 0. The fourth-order valence-corrected chi connectivity index (χ4v) is 1.19. The minimum Gasteiger partial charge on any atom is -0.448 e. The summed E-state index contributed by atoms with van der Waals surface area (Å²) in [7, 11) is 0. The third kappa shape index (κ3) is 4.65. The van der Waals surface area contributed by atoms with Gasteiger partial charge < -0.3 is 4.74 Å². The van der Waals surface area contributed by atoms with Gasteiger partial charge in [0.15, 0.2) is 0 Å². The molecule has 1 rings (SSSR count). The maximum absolute atomic E-state index is 12.3. The summed E-state index contributed by atoms with van der Waals surface area (Å²) >= 11 is 0. The van der Waals surface area contributed by atoms with Crippen LogP contribution in [0.2, 0.25) is 0 Å². The van der Waals surface area contributed by atoms with Gasteiger partial charge in [-0.2, -0.15) is 13.2 Å². The van der Waals surface area contributed by atoms with Crippen molar-refractivity contribution in [3.63, 3.8) is 0 Å². The number of halogens is 3. The van der Waals surface area contributed by atoms with Gasteiger partial charge in [-0.05, 0) is 24.1 Å². The molecule has 18 heavy (non-hydrogen) atoms. The Bertz CT molecular complexity index is 387. The number of benzene rings is 1. The highest BCUT2D eigenvalue weighted by molar-refractivity contribution is 5.66. The quantitative estimate of drug-likeness (QED) is 0.832. The third-order valence-electron chi connectivity index (χ3n) is 2.10. The second-order valence-corrected chi connectivity index (χ2v) is 3.63. The van der Waals surface area contributed by atoms with Gasteiger partial charge in [-0.1, -0.05) is 19.1 Å². The van der Waals surface area contributed by atoms with Crippen LogP contribution in [0, 0.1) is 0 Å². The molecule has 0 saturated heterocycles. The molecule has 3 nitrogen and oxygen atoms in total. The van der Waals surface area contributed by atoms with Crippen molar-refractivity contribution < 1.29 is 22.7 Å². The number of rotatable bonds is 4. The van der Waals surface area contributed by atoms with Gasteiger partial charge in [0.2, 0.25) is 0 Å². The van der Waals surface area contributed by atoms with Crippen molar-refractivity contribution in [3.05, 3.63) is 35.4 Å². The molecule has 0 heterocycles. The summed E-state index contributed by atoms with van der Waals surface area (Å²) in [5.74, 6) is 0. The van der Waals surface area contributed by atoms with Gasteiger partial charge >= 0.3 is 12.3 Å². The van der Waals surface area contributed by atoms with Gasteiger partial charge in [-0.15, -0.1) is 0 Å². The average Bonchev–Trinajstić information content (AvgIpc) is 2.33. The van der Waals surface area contributed by atoms with E-state index in [-0.39, 0.29) is 13.2 Å². The number of hydrogen-bond acceptors (Lipinski definition) is 2. The maximum atomic E-state index is 12.3. The predicted octanol–water partition coefficient (Wildman–Crippen LogP) is 3.36. The monoisotopic (exact) mass is 260 g/mol. The topological polar surface area (TPSA) is 40.4 Å². The van der Waals surface area contributed by atoms with Crippen molar-refractivity contribution in [1.29, 1.82) is 0 Å². The van der Waals surface area contributed by atoms with Gasteiger partial charge in [0.05, 0.1) is 18.7 Å². The Hall–Kier alpha value is -1.72. The van der Waals surface area contributed by atoms with Gasteiger partial charge in [-0.25, -0.2) is 10.1 Å². The highest BCUT2D eigenvalue weighted by Gasteiger charge is 2.29. The Balaban J connectivity index is 2.47. The number of nitrogens with zero attached hydrogens (tertiary/aromatic N) is 1. The minimum absolute atomic E-state index is 0.0146. The lowest BCUT2D eigenvalue weighted by Crippen LogP contribution is -2.17. The molecule has 1 radical (unpaired) electrons. The number of carbonyl (C=O) groups excluding carboxylic acids is 1. The summed E-state index contributed by atoms with van der Waals surface area (Å²) in [6, 6.07) is 4.50. The molecular formula is C12H13F3NO2. The normalized spacial score (nSPS) is 11.1. The summed E-state index contributed by atoms with van der Waals surface area (Å²) < 4.78 is 41.5. The van der Waals surface area contributed by atoms with Crippen LogP contribution >= 0.6 is 0 Å². The van der Waals surface area contributed by atoms with Crippen LogP contribution in [0.3, 0.4) is 0 Å². The van der Waals surface area contributed by atoms with E-state index in [0.29, 0.717) is 12.0 Å². The van der Waals surface area contributed by atoms with Crippen molar-refractivity contribution in [2.75, 3.05) is 6.61 Å². The first kappa shape index (κ1) is 14.3. The van der Waals surface area contributed by atoms with Gasteiger partial charge in [0.25, 0.3) is 0 Å². The third-order valence-corrected chi connectivity index (χ3v) is 2.10. The lowest BCUT2D eigenvalue weighted by Gasteiger charge is -2.07. The zero-order chi connectivity index (χ0) is 13.6. The average molecular weight is 260 g/mol. The summed E-state index contributed by atoms with van der Waals surface area (Å²) in [4.78, 5) is 11.0. The molecule has 0 aliphatic rings. The van der Waals surface area contributed by atoms with Crippen LogP contribution in [0.15, 0.2) is 24.3 Å². The molecular weight excluding hydrogens is 247 g/mol. The minimum atomic E-state index is -4.35. The molecule has 1 aromatic carbocycles. The van der Waals surface area contributed by atoms with Crippen LogP contribution in [-0.2, 0) is 17.5 Å². The molecule has 1 aromatic rings. The van der Waals surface area contributed by atoms with Gasteiger partial charge in [0, 0.05) is 0 Å². The molecule has 6 heteroatoms. The zero-order valence-electron chi connectivity index (χ0n) is 9.83. The molecule has 0 aliphatic carbocycles. The lowest BCUT2D eigenvalue weighted by atomic mass is 10.1. The van der Waals surface area contributed by atoms with E-state index >= 15 is 0 Å². The Morgan fingerprint density at radius 3 is 2.39 bits per heavy atom. The van der Waals surface area contributed by atoms with E-state index in [4.69, 9.17) is 4.74 Å².